The van der Waals surface area contributed by atoms with Gasteiger partial charge < -0.3 is 6.16 Å². The number of aromatic amines is 1. The molecule has 0 unspecified atom stereocenters. The van der Waals surface area contributed by atoms with E-state index in [-0.39, 0.29) is 26.0 Å². The van der Waals surface area contributed by atoms with Gasteiger partial charge in [0.1, 0.15) is 12.1 Å². The summed E-state index contributed by atoms with van der Waals surface area (Å²) in [5.41, 5.74) is -0.807. The molecule has 0 aromatic carbocycles. The zero-order valence-electron chi connectivity index (χ0n) is 8.38. The van der Waals surface area contributed by atoms with Crippen molar-refractivity contribution in [1.82, 2.24) is 9.97 Å². The minimum Gasteiger partial charge on any atom is -1.00 e. The zero-order chi connectivity index (χ0) is 10.8. The molecule has 0 saturated carbocycles. The van der Waals surface area contributed by atoms with Crippen LogP contribution in [0.15, 0.2) is 0 Å². The molecule has 9 heteroatoms. The predicted octanol–water partition coefficient (Wildman–Crippen LogP) is -1.83. The van der Waals surface area contributed by atoms with Crippen LogP contribution in [0.4, 0.5) is 13.2 Å². The number of nitriles is 2. The molecule has 0 spiro atoms. The molecule has 0 fully saturated rings. The number of halogens is 3. The second-order valence-corrected chi connectivity index (χ2v) is 2.04. The molecule has 15 heavy (non-hydrogen) atoms. The van der Waals surface area contributed by atoms with Gasteiger partial charge in [-0.25, -0.2) is 0 Å². The Kier molecular flexibility index (Phi) is 4.23. The summed E-state index contributed by atoms with van der Waals surface area (Å²) in [5, 5.41) is 16.7. The van der Waals surface area contributed by atoms with Gasteiger partial charge in [-0.1, -0.05) is 0 Å². The second-order valence-electron chi connectivity index (χ2n) is 2.04. The van der Waals surface area contributed by atoms with Crippen molar-refractivity contribution in [2.75, 3.05) is 0 Å². The molecule has 1 rings (SSSR count). The van der Waals surface area contributed by atoms with E-state index in [1.807, 2.05) is 4.98 Å². The van der Waals surface area contributed by atoms with Crippen LogP contribution in [0.5, 0.6) is 6.01 Å². The molecular weight excluding hydrogens is 208 g/mol. The van der Waals surface area contributed by atoms with Gasteiger partial charge in [0, 0.05) is 0 Å². The molecule has 1 aromatic heterocycles. The van der Waals surface area contributed by atoms with Gasteiger partial charge in [-0.15, -0.1) is 13.2 Å². The third kappa shape index (κ3) is 3.55. The van der Waals surface area contributed by atoms with Gasteiger partial charge in [-0.3, -0.25) is 4.98 Å². The molecule has 74 valence electrons. The molecule has 0 aliphatic rings. The summed E-state index contributed by atoms with van der Waals surface area (Å²) < 4.78 is 38.3. The Balaban J connectivity index is 0. The maximum atomic E-state index is 11.6. The van der Waals surface area contributed by atoms with Crippen molar-refractivity contribution < 1.29 is 38.2 Å². The summed E-state index contributed by atoms with van der Waals surface area (Å²) in [6.45, 7) is 0. The Hall–Kier alpha value is -1.62. The number of rotatable bonds is 1. The summed E-state index contributed by atoms with van der Waals surface area (Å²) in [6, 6.07) is 1.98. The standard InChI is InChI=1S/C6HF3N4O.Li.H/c7-6(8,9)14-5-12-3(1-10)4(2-11)13-5;;/h(H,12,13);;/q;+1;-1. The molecule has 0 atom stereocenters. The van der Waals surface area contributed by atoms with Gasteiger partial charge in [0.15, 0.2) is 11.4 Å². The van der Waals surface area contributed by atoms with Crippen molar-refractivity contribution in [1.29, 1.82) is 10.5 Å². The summed E-state index contributed by atoms with van der Waals surface area (Å²) in [6.07, 6.45) is -4.91. The SMILES string of the molecule is N#Cc1nc(OC(F)(F)F)[nH]c1C#N.[H-].[Li+]. The first-order valence-electron chi connectivity index (χ1n) is 3.12. The van der Waals surface area contributed by atoms with Gasteiger partial charge in [0.25, 0.3) is 0 Å². The Morgan fingerprint density at radius 1 is 1.33 bits per heavy atom. The number of imidazole rings is 1. The van der Waals surface area contributed by atoms with E-state index >= 15 is 0 Å². The van der Waals surface area contributed by atoms with Crippen LogP contribution in [0, 0.1) is 22.7 Å². The van der Waals surface area contributed by atoms with Crippen LogP contribution in [-0.4, -0.2) is 16.3 Å². The number of alkyl halides is 3. The smallest absolute Gasteiger partial charge is 1.00 e. The Morgan fingerprint density at radius 3 is 2.27 bits per heavy atom. The third-order valence-electron chi connectivity index (χ3n) is 1.11. The van der Waals surface area contributed by atoms with Crippen LogP contribution < -0.4 is 23.6 Å². The quantitative estimate of drug-likeness (QED) is 0.552. The molecule has 5 nitrogen and oxygen atoms in total. The van der Waals surface area contributed by atoms with Crippen LogP contribution in [0.25, 0.3) is 0 Å². The first-order chi connectivity index (χ1) is 6.46. The van der Waals surface area contributed by atoms with Crippen molar-refractivity contribution in [2.45, 2.75) is 6.36 Å². The predicted molar refractivity (Wildman–Crippen MR) is 35.8 cm³/mol. The van der Waals surface area contributed by atoms with E-state index in [1.54, 1.807) is 0 Å². The Bertz CT molecular complexity index is 401. The van der Waals surface area contributed by atoms with E-state index in [0.29, 0.717) is 0 Å². The van der Waals surface area contributed by atoms with Gasteiger partial charge in [-0.05, 0) is 0 Å². The second kappa shape index (κ2) is 4.74. The number of H-pyrrole nitrogens is 1. The van der Waals surface area contributed by atoms with E-state index in [4.69, 9.17) is 10.5 Å². The monoisotopic (exact) mass is 210 g/mol. The van der Waals surface area contributed by atoms with Gasteiger partial charge in [0.05, 0.1) is 0 Å². The van der Waals surface area contributed by atoms with Crippen molar-refractivity contribution in [3.8, 4) is 18.1 Å². The maximum Gasteiger partial charge on any atom is 1.00 e. The van der Waals surface area contributed by atoms with Crippen molar-refractivity contribution >= 4 is 0 Å². The Morgan fingerprint density at radius 2 is 1.93 bits per heavy atom. The van der Waals surface area contributed by atoms with Crippen LogP contribution in [0.2, 0.25) is 0 Å². The number of aromatic nitrogens is 2. The Labute approximate surface area is 95.1 Å². The first-order valence-corrected chi connectivity index (χ1v) is 3.12. The van der Waals surface area contributed by atoms with Crippen molar-refractivity contribution in [3.63, 3.8) is 0 Å². The third-order valence-corrected chi connectivity index (χ3v) is 1.11. The molecule has 0 aliphatic carbocycles. The molecule has 0 aliphatic heterocycles. The first kappa shape index (κ1) is 13.4. The summed E-state index contributed by atoms with van der Waals surface area (Å²) >= 11 is 0. The average molecular weight is 210 g/mol. The van der Waals surface area contributed by atoms with Crippen LogP contribution in [0.1, 0.15) is 12.8 Å². The molecule has 1 heterocycles. The van der Waals surface area contributed by atoms with Gasteiger partial charge in [-0.2, -0.15) is 15.5 Å². The molecule has 0 amide bonds. The maximum absolute atomic E-state index is 11.6. The molecule has 0 radical (unpaired) electrons. The number of nitrogens with zero attached hydrogens (tertiary/aromatic N) is 3. The number of hydrogen-bond donors (Lipinski definition) is 1. The molecule has 1 N–H and O–H groups in total. The molecular formula is C6H2F3LiN4O. The number of hydrogen-bond acceptors (Lipinski definition) is 4. The zero-order valence-corrected chi connectivity index (χ0v) is 7.38. The van der Waals surface area contributed by atoms with Crippen LogP contribution in [0.3, 0.4) is 0 Å². The van der Waals surface area contributed by atoms with Crippen molar-refractivity contribution in [2.24, 2.45) is 0 Å². The van der Waals surface area contributed by atoms with Gasteiger partial charge >= 0.3 is 31.2 Å². The van der Waals surface area contributed by atoms with Crippen LogP contribution in [-0.2, 0) is 0 Å². The molecule has 0 saturated heterocycles. The van der Waals surface area contributed by atoms with Crippen molar-refractivity contribution in [3.05, 3.63) is 11.4 Å². The fourth-order valence-electron chi connectivity index (χ4n) is 0.671. The number of nitrogens with one attached hydrogen (secondary N) is 1. The van der Waals surface area contributed by atoms with Gasteiger partial charge in [0.2, 0.25) is 0 Å². The summed E-state index contributed by atoms with van der Waals surface area (Å²) in [4.78, 5) is 5.01. The summed E-state index contributed by atoms with van der Waals surface area (Å²) in [7, 11) is 0. The fraction of sp³-hybridized carbons (Fsp3) is 0.167. The van der Waals surface area contributed by atoms with E-state index in [9.17, 15) is 13.2 Å². The fourth-order valence-corrected chi connectivity index (χ4v) is 0.671. The topological polar surface area (TPSA) is 85.5 Å². The normalized spacial score (nSPS) is 9.67. The van der Waals surface area contributed by atoms with E-state index in [0.717, 1.165) is 0 Å². The van der Waals surface area contributed by atoms with E-state index < -0.39 is 18.1 Å². The summed E-state index contributed by atoms with van der Waals surface area (Å²) in [5.74, 6) is 0. The van der Waals surface area contributed by atoms with Crippen LogP contribution >= 0.6 is 0 Å². The van der Waals surface area contributed by atoms with E-state index in [1.165, 1.54) is 12.1 Å². The average Bonchev–Trinajstić information content (AvgIpc) is 2.43. The minimum atomic E-state index is -4.91. The minimum absolute atomic E-state index is 0. The molecule has 0 bridgehead atoms. The number of ether oxygens (including phenoxy) is 1. The molecule has 1 aromatic rings. The largest absolute Gasteiger partial charge is 1.00 e. The van der Waals surface area contributed by atoms with E-state index in [2.05, 4.69) is 9.72 Å².